The Morgan fingerprint density at radius 2 is 2.12 bits per heavy atom. The van der Waals surface area contributed by atoms with Crippen LogP contribution in [-0.2, 0) is 0 Å². The molecule has 5 heteroatoms. The Kier molecular flexibility index (Phi) is 2.72. The third kappa shape index (κ3) is 1.89. The molecule has 1 saturated heterocycles. The summed E-state index contributed by atoms with van der Waals surface area (Å²) in [6.45, 7) is 4.11. The number of hydrogen-bond acceptors (Lipinski definition) is 5. The van der Waals surface area contributed by atoms with Crippen molar-refractivity contribution in [1.82, 2.24) is 9.97 Å². The van der Waals surface area contributed by atoms with Crippen molar-refractivity contribution in [3.05, 3.63) is 17.3 Å². The number of fused-ring (bicyclic) bond motifs is 1. The summed E-state index contributed by atoms with van der Waals surface area (Å²) in [5, 5.41) is 2.15. The van der Waals surface area contributed by atoms with Gasteiger partial charge in [-0.3, -0.25) is 0 Å². The van der Waals surface area contributed by atoms with Gasteiger partial charge >= 0.3 is 0 Å². The van der Waals surface area contributed by atoms with Crippen LogP contribution in [0.25, 0.3) is 10.2 Å². The van der Waals surface area contributed by atoms with E-state index in [1.165, 1.54) is 10.3 Å². The minimum Gasteiger partial charge on any atom is -0.355 e. The van der Waals surface area contributed by atoms with E-state index in [4.69, 9.17) is 5.73 Å². The van der Waals surface area contributed by atoms with Crippen LogP contribution in [0.3, 0.4) is 0 Å². The van der Waals surface area contributed by atoms with E-state index < -0.39 is 0 Å². The zero-order chi connectivity index (χ0) is 11.8. The molecule has 2 N–H and O–H groups in total. The van der Waals surface area contributed by atoms with Crippen LogP contribution in [0.5, 0.6) is 0 Å². The number of anilines is 1. The van der Waals surface area contributed by atoms with Crippen molar-refractivity contribution in [2.45, 2.75) is 25.8 Å². The minimum absolute atomic E-state index is 0.355. The van der Waals surface area contributed by atoms with Crippen molar-refractivity contribution in [3.63, 3.8) is 0 Å². The van der Waals surface area contributed by atoms with Crippen LogP contribution in [-0.4, -0.2) is 29.1 Å². The Hall–Kier alpha value is -1.20. The highest BCUT2D eigenvalue weighted by Crippen LogP contribution is 2.31. The maximum atomic E-state index is 5.93. The summed E-state index contributed by atoms with van der Waals surface area (Å²) >= 11 is 1.74. The molecule has 0 bridgehead atoms. The van der Waals surface area contributed by atoms with Crippen LogP contribution in [0, 0.1) is 6.92 Å². The molecule has 3 rings (SSSR count). The molecule has 2 aromatic rings. The van der Waals surface area contributed by atoms with E-state index >= 15 is 0 Å². The Morgan fingerprint density at radius 3 is 2.88 bits per heavy atom. The maximum Gasteiger partial charge on any atom is 0.150 e. The SMILES string of the molecule is Cc1csc2c(N3CCC(N)CC3)ncnc12. The van der Waals surface area contributed by atoms with Gasteiger partial charge in [0.25, 0.3) is 0 Å². The van der Waals surface area contributed by atoms with Crippen molar-refractivity contribution in [3.8, 4) is 0 Å². The molecule has 17 heavy (non-hydrogen) atoms. The highest BCUT2D eigenvalue weighted by molar-refractivity contribution is 7.18. The topological polar surface area (TPSA) is 55.0 Å². The Morgan fingerprint density at radius 1 is 1.35 bits per heavy atom. The second-order valence-corrected chi connectivity index (χ2v) is 5.50. The number of piperidine rings is 1. The van der Waals surface area contributed by atoms with Crippen LogP contribution in [0.2, 0.25) is 0 Å². The molecule has 0 radical (unpaired) electrons. The average molecular weight is 248 g/mol. The maximum absolute atomic E-state index is 5.93. The largest absolute Gasteiger partial charge is 0.355 e. The number of aryl methyl sites for hydroxylation is 1. The van der Waals surface area contributed by atoms with Crippen LogP contribution >= 0.6 is 11.3 Å². The molecule has 1 fully saturated rings. The van der Waals surface area contributed by atoms with Crippen LogP contribution < -0.4 is 10.6 Å². The number of nitrogens with zero attached hydrogens (tertiary/aromatic N) is 3. The predicted octanol–water partition coefficient (Wildman–Crippen LogP) is 1.93. The van der Waals surface area contributed by atoms with E-state index in [9.17, 15) is 0 Å². The predicted molar refractivity (Wildman–Crippen MR) is 71.6 cm³/mol. The Bertz CT molecular complexity index is 528. The molecule has 0 aliphatic carbocycles. The molecule has 0 aromatic carbocycles. The van der Waals surface area contributed by atoms with Gasteiger partial charge in [-0.15, -0.1) is 11.3 Å². The van der Waals surface area contributed by atoms with E-state index in [1.807, 2.05) is 0 Å². The number of aromatic nitrogens is 2. The molecule has 1 aliphatic rings. The van der Waals surface area contributed by atoms with Crippen molar-refractivity contribution >= 4 is 27.4 Å². The van der Waals surface area contributed by atoms with Crippen molar-refractivity contribution in [2.75, 3.05) is 18.0 Å². The van der Waals surface area contributed by atoms with Crippen molar-refractivity contribution in [2.24, 2.45) is 5.73 Å². The van der Waals surface area contributed by atoms with Gasteiger partial charge in [-0.05, 0) is 30.7 Å². The van der Waals surface area contributed by atoms with E-state index in [1.54, 1.807) is 17.7 Å². The minimum atomic E-state index is 0.355. The monoisotopic (exact) mass is 248 g/mol. The first-order valence-electron chi connectivity index (χ1n) is 5.95. The van der Waals surface area contributed by atoms with Crippen molar-refractivity contribution in [1.29, 1.82) is 0 Å². The van der Waals surface area contributed by atoms with E-state index in [0.717, 1.165) is 37.3 Å². The summed E-state index contributed by atoms with van der Waals surface area (Å²) in [6, 6.07) is 0.355. The lowest BCUT2D eigenvalue weighted by Crippen LogP contribution is -2.40. The number of thiophene rings is 1. The van der Waals surface area contributed by atoms with E-state index in [-0.39, 0.29) is 0 Å². The molecule has 2 aromatic heterocycles. The Labute approximate surface area is 104 Å². The lowest BCUT2D eigenvalue weighted by Gasteiger charge is -2.31. The molecule has 0 amide bonds. The van der Waals surface area contributed by atoms with Crippen LogP contribution in [0.4, 0.5) is 5.82 Å². The summed E-state index contributed by atoms with van der Waals surface area (Å²) in [4.78, 5) is 11.1. The first-order valence-corrected chi connectivity index (χ1v) is 6.83. The average Bonchev–Trinajstić information content (AvgIpc) is 2.73. The van der Waals surface area contributed by atoms with Gasteiger partial charge in [0.1, 0.15) is 12.1 Å². The second-order valence-electron chi connectivity index (χ2n) is 4.62. The second kappa shape index (κ2) is 4.23. The lowest BCUT2D eigenvalue weighted by molar-refractivity contribution is 0.499. The summed E-state index contributed by atoms with van der Waals surface area (Å²) in [7, 11) is 0. The van der Waals surface area contributed by atoms with Crippen LogP contribution in [0.15, 0.2) is 11.7 Å². The highest BCUT2D eigenvalue weighted by Gasteiger charge is 2.20. The van der Waals surface area contributed by atoms with E-state index in [0.29, 0.717) is 6.04 Å². The third-order valence-electron chi connectivity index (χ3n) is 3.35. The van der Waals surface area contributed by atoms with Gasteiger partial charge in [0.2, 0.25) is 0 Å². The van der Waals surface area contributed by atoms with Gasteiger partial charge in [-0.2, -0.15) is 0 Å². The first-order chi connectivity index (χ1) is 8.25. The fourth-order valence-electron chi connectivity index (χ4n) is 2.29. The molecular formula is C12H16N4S. The zero-order valence-electron chi connectivity index (χ0n) is 9.89. The summed E-state index contributed by atoms with van der Waals surface area (Å²) in [5.74, 6) is 1.08. The summed E-state index contributed by atoms with van der Waals surface area (Å²) < 4.78 is 1.21. The molecule has 0 atom stereocenters. The standard InChI is InChI=1S/C12H16N4S/c1-8-6-17-11-10(8)14-7-15-12(11)16-4-2-9(13)3-5-16/h6-7,9H,2-5,13H2,1H3. The quantitative estimate of drug-likeness (QED) is 0.838. The molecular weight excluding hydrogens is 232 g/mol. The zero-order valence-corrected chi connectivity index (χ0v) is 10.7. The number of rotatable bonds is 1. The lowest BCUT2D eigenvalue weighted by atomic mass is 10.1. The van der Waals surface area contributed by atoms with Gasteiger partial charge in [-0.1, -0.05) is 0 Å². The molecule has 1 aliphatic heterocycles. The third-order valence-corrected chi connectivity index (χ3v) is 4.43. The molecule has 0 unspecified atom stereocenters. The summed E-state index contributed by atoms with van der Waals surface area (Å²) in [6.07, 6.45) is 3.78. The normalized spacial score (nSPS) is 17.9. The molecule has 90 valence electrons. The van der Waals surface area contributed by atoms with Gasteiger partial charge < -0.3 is 10.6 Å². The molecule has 0 spiro atoms. The van der Waals surface area contributed by atoms with Gasteiger partial charge in [0.15, 0.2) is 0 Å². The number of nitrogens with two attached hydrogens (primary N) is 1. The van der Waals surface area contributed by atoms with Gasteiger partial charge in [-0.25, -0.2) is 9.97 Å². The van der Waals surface area contributed by atoms with Gasteiger partial charge in [0.05, 0.1) is 10.2 Å². The molecule has 3 heterocycles. The van der Waals surface area contributed by atoms with Gasteiger partial charge in [0, 0.05) is 19.1 Å². The Balaban J connectivity index is 2.00. The van der Waals surface area contributed by atoms with Crippen LogP contribution in [0.1, 0.15) is 18.4 Å². The fourth-order valence-corrected chi connectivity index (χ4v) is 3.31. The molecule has 0 saturated carbocycles. The van der Waals surface area contributed by atoms with Crippen molar-refractivity contribution < 1.29 is 0 Å². The molecule has 4 nitrogen and oxygen atoms in total. The highest BCUT2D eigenvalue weighted by atomic mass is 32.1. The van der Waals surface area contributed by atoms with E-state index in [2.05, 4.69) is 27.2 Å². The fraction of sp³-hybridized carbons (Fsp3) is 0.500. The first kappa shape index (κ1) is 10.9. The smallest absolute Gasteiger partial charge is 0.150 e. The summed E-state index contributed by atoms with van der Waals surface area (Å²) in [5.41, 5.74) is 8.27. The number of hydrogen-bond donors (Lipinski definition) is 1.